The number of hydrogen-bond donors (Lipinski definition) is 1. The van der Waals surface area contributed by atoms with Crippen molar-refractivity contribution in [2.45, 2.75) is 20.0 Å². The average molecular weight is 360 g/mol. The van der Waals surface area contributed by atoms with Gasteiger partial charge in [-0.3, -0.25) is 9.69 Å². The molecule has 2 N–H and O–H groups in total. The van der Waals surface area contributed by atoms with E-state index >= 15 is 0 Å². The van der Waals surface area contributed by atoms with Gasteiger partial charge in [-0.2, -0.15) is 0 Å². The minimum atomic E-state index is 0.0108. The van der Waals surface area contributed by atoms with Crippen LogP contribution in [0.2, 0.25) is 0 Å². The number of carbonyl (C=O) groups is 1. The molecule has 0 spiro atoms. The van der Waals surface area contributed by atoms with Gasteiger partial charge >= 0.3 is 0 Å². The Hall–Kier alpha value is -1.96. The first-order chi connectivity index (χ1) is 12.2. The maximum Gasteiger partial charge on any atom is 0.273 e. The smallest absolute Gasteiger partial charge is 0.273 e. The van der Waals surface area contributed by atoms with Gasteiger partial charge in [-0.05, 0) is 24.6 Å². The summed E-state index contributed by atoms with van der Waals surface area (Å²) in [5, 5.41) is 2.61. The molecule has 0 aliphatic carbocycles. The summed E-state index contributed by atoms with van der Waals surface area (Å²) < 4.78 is 5.47. The number of aromatic nitrogens is 1. The molecule has 1 aromatic carbocycles. The Morgan fingerprint density at radius 2 is 1.96 bits per heavy atom. The van der Waals surface area contributed by atoms with E-state index in [2.05, 4.69) is 22.0 Å². The van der Waals surface area contributed by atoms with Crippen LogP contribution in [0.1, 0.15) is 28.0 Å². The maximum absolute atomic E-state index is 12.5. The Bertz CT molecular complexity index is 693. The van der Waals surface area contributed by atoms with Crippen LogP contribution in [0.25, 0.3) is 0 Å². The van der Waals surface area contributed by atoms with Gasteiger partial charge in [0.25, 0.3) is 5.91 Å². The van der Waals surface area contributed by atoms with E-state index in [1.165, 1.54) is 16.9 Å². The molecule has 7 heteroatoms. The number of nitrogens with zero attached hydrogens (tertiary/aromatic N) is 3. The highest BCUT2D eigenvalue weighted by atomic mass is 32.1. The van der Waals surface area contributed by atoms with Crippen LogP contribution >= 0.6 is 11.3 Å². The van der Waals surface area contributed by atoms with Crippen molar-refractivity contribution in [3.05, 3.63) is 45.9 Å². The van der Waals surface area contributed by atoms with Crippen molar-refractivity contribution >= 4 is 17.2 Å². The third-order valence-corrected chi connectivity index (χ3v) is 5.12. The van der Waals surface area contributed by atoms with E-state index in [0.29, 0.717) is 18.8 Å². The number of benzene rings is 1. The van der Waals surface area contributed by atoms with Gasteiger partial charge in [-0.1, -0.05) is 12.1 Å². The number of nitrogens with two attached hydrogens (primary N) is 1. The molecule has 2 heterocycles. The van der Waals surface area contributed by atoms with Gasteiger partial charge in [-0.25, -0.2) is 4.98 Å². The molecule has 134 valence electrons. The largest absolute Gasteiger partial charge is 0.494 e. The zero-order valence-electron chi connectivity index (χ0n) is 14.5. The van der Waals surface area contributed by atoms with Crippen LogP contribution in [0, 0.1) is 0 Å². The predicted molar refractivity (Wildman–Crippen MR) is 98.8 cm³/mol. The number of thiazole rings is 1. The lowest BCUT2D eigenvalue weighted by molar-refractivity contribution is 0.0623. The highest BCUT2D eigenvalue weighted by Gasteiger charge is 2.23. The van der Waals surface area contributed by atoms with Crippen LogP contribution in [-0.4, -0.2) is 53.5 Å². The molecule has 0 bridgehead atoms. The summed E-state index contributed by atoms with van der Waals surface area (Å²) in [6.45, 7) is 7.13. The van der Waals surface area contributed by atoms with Gasteiger partial charge in [0.05, 0.1) is 6.61 Å². The summed E-state index contributed by atoms with van der Waals surface area (Å²) >= 11 is 1.44. The molecule has 0 radical (unpaired) electrons. The molecular formula is C18H24N4O2S. The van der Waals surface area contributed by atoms with E-state index < -0.39 is 0 Å². The Balaban J connectivity index is 1.50. The summed E-state index contributed by atoms with van der Waals surface area (Å²) in [6, 6.07) is 8.23. The molecule has 3 rings (SSSR count). The Labute approximate surface area is 152 Å². The lowest BCUT2D eigenvalue weighted by Crippen LogP contribution is -2.48. The highest BCUT2D eigenvalue weighted by Crippen LogP contribution is 2.16. The molecule has 0 saturated carbocycles. The van der Waals surface area contributed by atoms with Gasteiger partial charge < -0.3 is 15.4 Å². The summed E-state index contributed by atoms with van der Waals surface area (Å²) in [4.78, 5) is 21.0. The van der Waals surface area contributed by atoms with E-state index in [1.54, 1.807) is 5.38 Å². The fourth-order valence-electron chi connectivity index (χ4n) is 2.89. The zero-order chi connectivity index (χ0) is 17.6. The SMILES string of the molecule is CCOc1ccc(CN2CCN(C(=O)c3csc(CN)n3)CC2)cc1. The van der Waals surface area contributed by atoms with Crippen molar-refractivity contribution in [3.8, 4) is 5.75 Å². The van der Waals surface area contributed by atoms with Crippen LogP contribution in [0.4, 0.5) is 0 Å². The van der Waals surface area contributed by atoms with Gasteiger partial charge in [0.1, 0.15) is 16.5 Å². The van der Waals surface area contributed by atoms with Gasteiger partial charge in [0, 0.05) is 44.6 Å². The normalized spacial score (nSPS) is 15.4. The Morgan fingerprint density at radius 1 is 1.24 bits per heavy atom. The number of ether oxygens (including phenoxy) is 1. The molecule has 0 atom stereocenters. The number of piperazine rings is 1. The van der Waals surface area contributed by atoms with Crippen molar-refractivity contribution in [3.63, 3.8) is 0 Å². The second-order valence-corrected chi connectivity index (χ2v) is 6.92. The topological polar surface area (TPSA) is 71.7 Å². The molecule has 1 amide bonds. The van der Waals surface area contributed by atoms with E-state index in [9.17, 15) is 4.79 Å². The van der Waals surface area contributed by atoms with Gasteiger partial charge in [0.2, 0.25) is 0 Å². The van der Waals surface area contributed by atoms with Crippen molar-refractivity contribution in [2.24, 2.45) is 5.73 Å². The molecule has 1 aromatic heterocycles. The first kappa shape index (κ1) is 17.8. The highest BCUT2D eigenvalue weighted by molar-refractivity contribution is 7.09. The fraction of sp³-hybridized carbons (Fsp3) is 0.444. The van der Waals surface area contributed by atoms with E-state index in [1.807, 2.05) is 24.0 Å². The summed E-state index contributed by atoms with van der Waals surface area (Å²) in [5.74, 6) is 0.915. The second kappa shape index (κ2) is 8.42. The van der Waals surface area contributed by atoms with Crippen LogP contribution in [0.15, 0.2) is 29.6 Å². The average Bonchev–Trinajstić information content (AvgIpc) is 3.13. The Morgan fingerprint density at radius 3 is 2.56 bits per heavy atom. The van der Waals surface area contributed by atoms with Crippen molar-refractivity contribution < 1.29 is 9.53 Å². The minimum absolute atomic E-state index is 0.0108. The van der Waals surface area contributed by atoms with Crippen molar-refractivity contribution in [1.29, 1.82) is 0 Å². The monoisotopic (exact) mass is 360 g/mol. The molecule has 1 aliphatic rings. The number of rotatable bonds is 6. The van der Waals surface area contributed by atoms with E-state index in [-0.39, 0.29) is 5.91 Å². The molecule has 1 fully saturated rings. The molecule has 0 unspecified atom stereocenters. The molecule has 2 aromatic rings. The fourth-order valence-corrected chi connectivity index (χ4v) is 3.54. The third kappa shape index (κ3) is 4.56. The maximum atomic E-state index is 12.5. The first-order valence-corrected chi connectivity index (χ1v) is 9.45. The number of carbonyl (C=O) groups excluding carboxylic acids is 1. The Kier molecular flexibility index (Phi) is 6.01. The van der Waals surface area contributed by atoms with E-state index in [4.69, 9.17) is 10.5 Å². The number of amides is 1. The van der Waals surface area contributed by atoms with Crippen LogP contribution in [0.3, 0.4) is 0 Å². The number of hydrogen-bond acceptors (Lipinski definition) is 6. The van der Waals surface area contributed by atoms with Gasteiger partial charge in [0.15, 0.2) is 0 Å². The quantitative estimate of drug-likeness (QED) is 0.853. The molecular weight excluding hydrogens is 336 g/mol. The minimum Gasteiger partial charge on any atom is -0.494 e. The van der Waals surface area contributed by atoms with Crippen LogP contribution < -0.4 is 10.5 Å². The molecule has 25 heavy (non-hydrogen) atoms. The van der Waals surface area contributed by atoms with Gasteiger partial charge in [-0.15, -0.1) is 11.3 Å². The molecule has 1 aliphatic heterocycles. The van der Waals surface area contributed by atoms with Crippen molar-refractivity contribution in [1.82, 2.24) is 14.8 Å². The summed E-state index contributed by atoms with van der Waals surface area (Å²) in [6.07, 6.45) is 0. The van der Waals surface area contributed by atoms with Crippen LogP contribution in [-0.2, 0) is 13.1 Å². The van der Waals surface area contributed by atoms with E-state index in [0.717, 1.165) is 43.5 Å². The van der Waals surface area contributed by atoms with Crippen molar-refractivity contribution in [2.75, 3.05) is 32.8 Å². The lowest BCUT2D eigenvalue weighted by atomic mass is 10.2. The molecule has 1 saturated heterocycles. The van der Waals surface area contributed by atoms with Crippen LogP contribution in [0.5, 0.6) is 5.75 Å². The summed E-state index contributed by atoms with van der Waals surface area (Å²) in [7, 11) is 0. The molecule has 6 nitrogen and oxygen atoms in total. The summed E-state index contributed by atoms with van der Waals surface area (Å²) in [5.41, 5.74) is 7.35. The zero-order valence-corrected chi connectivity index (χ0v) is 15.3. The first-order valence-electron chi connectivity index (χ1n) is 8.57. The predicted octanol–water partition coefficient (Wildman–Crippen LogP) is 1.96. The standard InChI is InChI=1S/C18H24N4O2S/c1-2-24-15-5-3-14(4-6-15)12-21-7-9-22(10-8-21)18(23)16-13-25-17(11-19)20-16/h3-6,13H,2,7-12,19H2,1H3. The second-order valence-electron chi connectivity index (χ2n) is 5.98. The third-order valence-electron chi connectivity index (χ3n) is 4.25. The lowest BCUT2D eigenvalue weighted by Gasteiger charge is -2.34.